The lowest BCUT2D eigenvalue weighted by molar-refractivity contribution is -0.133. The molecule has 22 heavy (non-hydrogen) atoms. The number of carbonyl (C=O) groups excluding carboxylic acids is 2. The van der Waals surface area contributed by atoms with Crippen LogP contribution < -0.4 is 5.73 Å². The fourth-order valence-corrected chi connectivity index (χ4v) is 2.80. The Kier molecular flexibility index (Phi) is 6.94. The lowest BCUT2D eigenvalue weighted by Crippen LogP contribution is -2.53. The van der Waals surface area contributed by atoms with Crippen molar-refractivity contribution in [3.63, 3.8) is 0 Å². The van der Waals surface area contributed by atoms with Crippen molar-refractivity contribution in [3.05, 3.63) is 33.8 Å². The van der Waals surface area contributed by atoms with Gasteiger partial charge in [-0.3, -0.25) is 9.59 Å². The minimum absolute atomic E-state index is 0. The van der Waals surface area contributed by atoms with Crippen LogP contribution in [0.2, 0.25) is 10.0 Å². The highest BCUT2D eigenvalue weighted by Gasteiger charge is 2.26. The molecule has 0 saturated carbocycles. The topological polar surface area (TPSA) is 66.6 Å². The molecule has 122 valence electrons. The van der Waals surface area contributed by atoms with Gasteiger partial charge in [0.15, 0.2) is 0 Å². The van der Waals surface area contributed by atoms with Gasteiger partial charge in [0.1, 0.15) is 0 Å². The monoisotopic (exact) mass is 365 g/mol. The number of hydrogen-bond acceptors (Lipinski definition) is 3. The summed E-state index contributed by atoms with van der Waals surface area (Å²) in [4.78, 5) is 27.6. The average molecular weight is 367 g/mol. The van der Waals surface area contributed by atoms with Gasteiger partial charge in [0.05, 0.1) is 6.04 Å². The molecule has 2 N–H and O–H groups in total. The van der Waals surface area contributed by atoms with Gasteiger partial charge in [-0.05, 0) is 25.1 Å². The van der Waals surface area contributed by atoms with E-state index in [-0.39, 0.29) is 24.2 Å². The van der Waals surface area contributed by atoms with Crippen molar-refractivity contribution in [2.24, 2.45) is 5.73 Å². The number of rotatable bonds is 2. The lowest BCUT2D eigenvalue weighted by atomic mass is 10.1. The third-order valence-electron chi connectivity index (χ3n) is 3.38. The number of amides is 2. The molecule has 2 amide bonds. The molecular formula is C14H18Cl3N3O2. The van der Waals surface area contributed by atoms with E-state index in [1.165, 1.54) is 0 Å². The summed E-state index contributed by atoms with van der Waals surface area (Å²) in [6.45, 7) is 3.58. The highest BCUT2D eigenvalue weighted by Crippen LogP contribution is 2.20. The molecule has 1 aromatic rings. The van der Waals surface area contributed by atoms with E-state index in [0.717, 1.165) is 0 Å². The molecule has 2 rings (SSSR count). The summed E-state index contributed by atoms with van der Waals surface area (Å²) in [6.07, 6.45) is 0. The molecule has 0 bridgehead atoms. The normalized spacial score (nSPS) is 16.0. The highest BCUT2D eigenvalue weighted by atomic mass is 35.5. The summed E-state index contributed by atoms with van der Waals surface area (Å²) in [5.74, 6) is -0.222. The first-order chi connectivity index (χ1) is 9.88. The number of carbonyl (C=O) groups is 2. The fraction of sp³-hybridized carbons (Fsp3) is 0.429. The molecule has 0 aromatic heterocycles. The Morgan fingerprint density at radius 2 is 1.50 bits per heavy atom. The first-order valence-electron chi connectivity index (χ1n) is 6.68. The van der Waals surface area contributed by atoms with Crippen LogP contribution in [-0.2, 0) is 4.79 Å². The maximum Gasteiger partial charge on any atom is 0.254 e. The molecular weight excluding hydrogens is 349 g/mol. The summed E-state index contributed by atoms with van der Waals surface area (Å²) < 4.78 is 0. The number of nitrogens with zero attached hydrogens (tertiary/aromatic N) is 2. The number of nitrogens with two attached hydrogens (primary N) is 1. The van der Waals surface area contributed by atoms with Crippen molar-refractivity contribution in [1.29, 1.82) is 0 Å². The molecule has 1 aromatic carbocycles. The quantitative estimate of drug-likeness (QED) is 0.871. The van der Waals surface area contributed by atoms with Gasteiger partial charge in [0.25, 0.3) is 5.91 Å². The predicted molar refractivity (Wildman–Crippen MR) is 89.8 cm³/mol. The van der Waals surface area contributed by atoms with E-state index in [1.54, 1.807) is 34.9 Å². The third-order valence-corrected chi connectivity index (χ3v) is 3.81. The van der Waals surface area contributed by atoms with Crippen LogP contribution in [0.1, 0.15) is 17.3 Å². The minimum Gasteiger partial charge on any atom is -0.338 e. The second-order valence-corrected chi connectivity index (χ2v) is 5.94. The summed E-state index contributed by atoms with van der Waals surface area (Å²) in [6, 6.07) is 4.25. The van der Waals surface area contributed by atoms with Gasteiger partial charge >= 0.3 is 0 Å². The van der Waals surface area contributed by atoms with Crippen LogP contribution in [0, 0.1) is 0 Å². The summed E-state index contributed by atoms with van der Waals surface area (Å²) in [5.41, 5.74) is 6.04. The molecule has 1 atom stereocenters. The van der Waals surface area contributed by atoms with E-state index in [4.69, 9.17) is 28.9 Å². The first-order valence-corrected chi connectivity index (χ1v) is 7.44. The van der Waals surface area contributed by atoms with Gasteiger partial charge in [-0.1, -0.05) is 23.2 Å². The van der Waals surface area contributed by atoms with E-state index in [0.29, 0.717) is 41.8 Å². The smallest absolute Gasteiger partial charge is 0.254 e. The van der Waals surface area contributed by atoms with Crippen LogP contribution in [0.5, 0.6) is 0 Å². The number of hydrogen-bond donors (Lipinski definition) is 1. The Morgan fingerprint density at radius 1 is 1.05 bits per heavy atom. The SMILES string of the molecule is C[C@@H](N)C(=O)N1CCN(C(=O)c2cc(Cl)cc(Cl)c2)CC1.Cl. The molecule has 0 aliphatic carbocycles. The molecule has 0 spiro atoms. The summed E-state index contributed by atoms with van der Waals surface area (Å²) in [5, 5.41) is 0.855. The van der Waals surface area contributed by atoms with Crippen molar-refractivity contribution < 1.29 is 9.59 Å². The first kappa shape index (κ1) is 19.0. The molecule has 1 fully saturated rings. The Bertz CT molecular complexity index is 538. The second kappa shape index (κ2) is 8.02. The Balaban J connectivity index is 0.00000242. The van der Waals surface area contributed by atoms with Crippen molar-refractivity contribution in [2.45, 2.75) is 13.0 Å². The van der Waals surface area contributed by atoms with Gasteiger partial charge in [-0.2, -0.15) is 0 Å². The Hall–Kier alpha value is -1.01. The van der Waals surface area contributed by atoms with E-state index < -0.39 is 6.04 Å². The van der Waals surface area contributed by atoms with Gasteiger partial charge in [-0.25, -0.2) is 0 Å². The van der Waals surface area contributed by atoms with E-state index in [1.807, 2.05) is 0 Å². The van der Waals surface area contributed by atoms with Crippen molar-refractivity contribution in [3.8, 4) is 0 Å². The molecule has 5 nitrogen and oxygen atoms in total. The number of halogens is 3. The van der Waals surface area contributed by atoms with Crippen LogP contribution in [0.3, 0.4) is 0 Å². The predicted octanol–water partition coefficient (Wildman–Crippen LogP) is 2.05. The van der Waals surface area contributed by atoms with Gasteiger partial charge in [0.2, 0.25) is 5.91 Å². The van der Waals surface area contributed by atoms with Crippen LogP contribution in [0.15, 0.2) is 18.2 Å². The third kappa shape index (κ3) is 4.49. The maximum atomic E-state index is 12.4. The molecule has 1 saturated heterocycles. The zero-order chi connectivity index (χ0) is 15.6. The minimum atomic E-state index is -0.515. The zero-order valence-electron chi connectivity index (χ0n) is 12.1. The molecule has 0 radical (unpaired) electrons. The van der Waals surface area contributed by atoms with E-state index in [2.05, 4.69) is 0 Å². The van der Waals surface area contributed by atoms with Crippen molar-refractivity contribution in [1.82, 2.24) is 9.80 Å². The maximum absolute atomic E-state index is 12.4. The average Bonchev–Trinajstić information content (AvgIpc) is 2.44. The summed E-state index contributed by atoms with van der Waals surface area (Å²) in [7, 11) is 0. The Labute approximate surface area is 145 Å². The fourth-order valence-electron chi connectivity index (χ4n) is 2.28. The molecule has 1 aliphatic rings. The van der Waals surface area contributed by atoms with Crippen LogP contribution in [0.4, 0.5) is 0 Å². The summed E-state index contributed by atoms with van der Waals surface area (Å²) >= 11 is 11.8. The zero-order valence-corrected chi connectivity index (χ0v) is 14.4. The van der Waals surface area contributed by atoms with E-state index >= 15 is 0 Å². The van der Waals surface area contributed by atoms with Gasteiger partial charge in [-0.15, -0.1) is 12.4 Å². The standard InChI is InChI=1S/C14H17Cl2N3O2.ClH/c1-9(17)13(20)18-2-4-19(5-3-18)14(21)10-6-11(15)8-12(16)7-10;/h6-9H,2-5,17H2,1H3;1H/t9-;/m1./s1. The lowest BCUT2D eigenvalue weighted by Gasteiger charge is -2.35. The van der Waals surface area contributed by atoms with Crippen LogP contribution in [-0.4, -0.2) is 53.8 Å². The van der Waals surface area contributed by atoms with Gasteiger partial charge < -0.3 is 15.5 Å². The van der Waals surface area contributed by atoms with Crippen LogP contribution >= 0.6 is 35.6 Å². The number of piperazine rings is 1. The molecule has 8 heteroatoms. The van der Waals surface area contributed by atoms with Crippen molar-refractivity contribution in [2.75, 3.05) is 26.2 Å². The highest BCUT2D eigenvalue weighted by molar-refractivity contribution is 6.35. The second-order valence-electron chi connectivity index (χ2n) is 5.06. The van der Waals surface area contributed by atoms with Gasteiger partial charge in [0, 0.05) is 41.8 Å². The molecule has 1 heterocycles. The molecule has 1 aliphatic heterocycles. The van der Waals surface area contributed by atoms with Crippen LogP contribution in [0.25, 0.3) is 0 Å². The van der Waals surface area contributed by atoms with Crippen molar-refractivity contribution >= 4 is 47.4 Å². The number of benzene rings is 1. The molecule has 0 unspecified atom stereocenters. The Morgan fingerprint density at radius 3 is 1.95 bits per heavy atom. The van der Waals surface area contributed by atoms with E-state index in [9.17, 15) is 9.59 Å². The largest absolute Gasteiger partial charge is 0.338 e.